The van der Waals surface area contributed by atoms with E-state index in [1.54, 1.807) is 0 Å². The number of ether oxygens (including phenoxy) is 5. The Morgan fingerprint density at radius 3 is 1.52 bits per heavy atom. The van der Waals surface area contributed by atoms with Gasteiger partial charge in [-0.05, 0) is 65.9 Å². The number of hydrogen-bond acceptors (Lipinski definition) is 5. The first kappa shape index (κ1) is 32.6. The minimum absolute atomic E-state index is 0.397. The Hall–Kier alpha value is -5.94. The van der Waals surface area contributed by atoms with E-state index in [2.05, 4.69) is 74.5 Å². The quantitative estimate of drug-likeness (QED) is 0.123. The Labute approximate surface area is 294 Å². The summed E-state index contributed by atoms with van der Waals surface area (Å²) in [5, 5.41) is 0. The molecule has 6 aromatic carbocycles. The van der Waals surface area contributed by atoms with Gasteiger partial charge in [-0.3, -0.25) is 0 Å². The molecule has 5 heteroatoms. The van der Waals surface area contributed by atoms with E-state index in [9.17, 15) is 0 Å². The van der Waals surface area contributed by atoms with Gasteiger partial charge in [0.25, 0.3) is 0 Å². The summed E-state index contributed by atoms with van der Waals surface area (Å²) in [4.78, 5) is 0. The number of benzene rings is 6. The molecule has 0 radical (unpaired) electrons. The van der Waals surface area contributed by atoms with E-state index >= 15 is 0 Å². The van der Waals surface area contributed by atoms with Gasteiger partial charge in [0.1, 0.15) is 43.7 Å². The van der Waals surface area contributed by atoms with Crippen molar-refractivity contribution in [2.75, 3.05) is 0 Å². The number of allylic oxidation sites excluding steroid dienone is 1. The van der Waals surface area contributed by atoms with E-state index in [-0.39, 0.29) is 0 Å². The molecule has 5 nitrogen and oxygen atoms in total. The number of aryl methyl sites for hydroxylation is 1. The Bertz CT molecular complexity index is 2060. The maximum absolute atomic E-state index is 6.84. The Morgan fingerprint density at radius 2 is 0.980 bits per heavy atom. The molecule has 0 spiro atoms. The molecule has 0 fully saturated rings. The minimum Gasteiger partial charge on any atom is -0.489 e. The van der Waals surface area contributed by atoms with Gasteiger partial charge in [0.15, 0.2) is 17.3 Å². The molecule has 0 N–H and O–H groups in total. The zero-order valence-corrected chi connectivity index (χ0v) is 28.4. The summed E-state index contributed by atoms with van der Waals surface area (Å²) >= 11 is 0. The summed E-state index contributed by atoms with van der Waals surface area (Å²) in [7, 11) is 0. The molecule has 7 rings (SSSR count). The molecule has 0 saturated heterocycles. The van der Waals surface area contributed by atoms with Crippen molar-refractivity contribution in [3.63, 3.8) is 0 Å². The summed E-state index contributed by atoms with van der Waals surface area (Å²) in [6.07, 6.45) is 0.508. The second kappa shape index (κ2) is 15.5. The topological polar surface area (TPSA) is 46.2 Å². The summed E-state index contributed by atoms with van der Waals surface area (Å²) in [6, 6.07) is 48.8. The molecule has 0 atom stereocenters. The van der Waals surface area contributed by atoms with Gasteiger partial charge >= 0.3 is 0 Å². The fourth-order valence-corrected chi connectivity index (χ4v) is 6.03. The van der Waals surface area contributed by atoms with Crippen LogP contribution in [-0.4, -0.2) is 0 Å². The third-order valence-electron chi connectivity index (χ3n) is 8.69. The largest absolute Gasteiger partial charge is 0.489 e. The lowest BCUT2D eigenvalue weighted by Crippen LogP contribution is -2.15. The smallest absolute Gasteiger partial charge is 0.172 e. The van der Waals surface area contributed by atoms with Crippen LogP contribution in [0.2, 0.25) is 0 Å². The monoisotopic (exact) mass is 660 g/mol. The lowest BCUT2D eigenvalue weighted by molar-refractivity contribution is 0.182. The van der Waals surface area contributed by atoms with Gasteiger partial charge in [0.2, 0.25) is 0 Å². The van der Waals surface area contributed by atoms with Crippen molar-refractivity contribution < 1.29 is 23.7 Å². The van der Waals surface area contributed by atoms with Crippen LogP contribution in [-0.2, 0) is 37.6 Å². The Kier molecular flexibility index (Phi) is 10.1. The third-order valence-corrected chi connectivity index (χ3v) is 8.69. The maximum Gasteiger partial charge on any atom is 0.172 e. The number of rotatable bonds is 13. The molecule has 50 heavy (non-hydrogen) atoms. The van der Waals surface area contributed by atoms with Gasteiger partial charge in [-0.1, -0.05) is 121 Å². The first-order valence-electron chi connectivity index (χ1n) is 17.0. The Morgan fingerprint density at radius 1 is 0.500 bits per heavy atom. The van der Waals surface area contributed by atoms with Crippen molar-refractivity contribution in [2.45, 2.75) is 46.7 Å². The highest BCUT2D eigenvalue weighted by atomic mass is 16.5. The van der Waals surface area contributed by atoms with E-state index in [1.807, 2.05) is 84.9 Å². The third kappa shape index (κ3) is 7.85. The van der Waals surface area contributed by atoms with Gasteiger partial charge in [0, 0.05) is 23.1 Å². The van der Waals surface area contributed by atoms with E-state index in [0.29, 0.717) is 50.1 Å². The molecule has 6 aromatic rings. The van der Waals surface area contributed by atoms with Gasteiger partial charge in [-0.2, -0.15) is 0 Å². The second-order valence-electron chi connectivity index (χ2n) is 12.4. The van der Waals surface area contributed by atoms with E-state index in [0.717, 1.165) is 61.8 Å². The van der Waals surface area contributed by atoms with Crippen molar-refractivity contribution in [3.05, 3.63) is 196 Å². The fourth-order valence-electron chi connectivity index (χ4n) is 6.03. The van der Waals surface area contributed by atoms with Crippen molar-refractivity contribution in [3.8, 4) is 23.0 Å². The summed E-state index contributed by atoms with van der Waals surface area (Å²) < 4.78 is 32.8. The zero-order valence-electron chi connectivity index (χ0n) is 28.4. The molecule has 250 valence electrons. The SMILES string of the molecule is Cc1cc(OCc2ccccc2)c2c(c1)OC(c1ccc(OCc3ccccc3)c(OCc3ccccc3)c1C)=C(OCc1ccccc1)C2. The number of fused-ring (bicyclic) bond motifs is 1. The highest BCUT2D eigenvalue weighted by molar-refractivity contribution is 5.74. The molecule has 0 aliphatic carbocycles. The molecule has 0 amide bonds. The first-order valence-corrected chi connectivity index (χ1v) is 17.0. The molecule has 0 aromatic heterocycles. The molecule has 0 bridgehead atoms. The highest BCUT2D eigenvalue weighted by Crippen LogP contribution is 2.44. The molecule has 1 heterocycles. The van der Waals surface area contributed by atoms with Gasteiger partial charge < -0.3 is 23.7 Å². The zero-order chi connectivity index (χ0) is 34.1. The first-order chi connectivity index (χ1) is 24.6. The van der Waals surface area contributed by atoms with Crippen molar-refractivity contribution in [2.24, 2.45) is 0 Å². The molecule has 0 saturated carbocycles. The lowest BCUT2D eigenvalue weighted by atomic mass is 9.98. The van der Waals surface area contributed by atoms with Crippen LogP contribution in [0.4, 0.5) is 0 Å². The predicted octanol–water partition coefficient (Wildman–Crippen LogP) is 10.6. The van der Waals surface area contributed by atoms with Crippen molar-refractivity contribution in [1.82, 2.24) is 0 Å². The van der Waals surface area contributed by atoms with Crippen molar-refractivity contribution >= 4 is 5.76 Å². The van der Waals surface area contributed by atoms with Crippen LogP contribution in [0.3, 0.4) is 0 Å². The van der Waals surface area contributed by atoms with E-state index in [4.69, 9.17) is 23.7 Å². The molecule has 1 aliphatic heterocycles. The summed E-state index contributed by atoms with van der Waals surface area (Å²) in [6.45, 7) is 5.79. The fraction of sp³-hybridized carbons (Fsp3) is 0.156. The average molecular weight is 661 g/mol. The summed E-state index contributed by atoms with van der Waals surface area (Å²) in [5.41, 5.74) is 8.11. The van der Waals surface area contributed by atoms with Gasteiger partial charge in [0.05, 0.1) is 0 Å². The molecular formula is C45H40O5. The lowest BCUT2D eigenvalue weighted by Gasteiger charge is -2.27. The van der Waals surface area contributed by atoms with Crippen LogP contribution in [0.5, 0.6) is 23.0 Å². The molecule has 1 aliphatic rings. The standard InChI is InChI=1S/C45H40O5/c1-32-25-41(47-29-35-17-9-4-10-18-35)39-27-43(48-30-36-19-11-5-12-20-36)45(50-42(39)26-32)38-23-24-40(46-28-34-15-7-3-8-16-34)44(33(38)2)49-31-37-21-13-6-14-22-37/h3-26H,27-31H2,1-2H3. The molecular weight excluding hydrogens is 620 g/mol. The van der Waals surface area contributed by atoms with E-state index < -0.39 is 0 Å². The minimum atomic E-state index is 0.397. The Balaban J connectivity index is 1.26. The van der Waals surface area contributed by atoms with Crippen molar-refractivity contribution in [1.29, 1.82) is 0 Å². The van der Waals surface area contributed by atoms with Crippen LogP contribution in [0.1, 0.15) is 44.5 Å². The average Bonchev–Trinajstić information content (AvgIpc) is 3.16. The van der Waals surface area contributed by atoms with Crippen LogP contribution < -0.4 is 18.9 Å². The number of hydrogen-bond donors (Lipinski definition) is 0. The van der Waals surface area contributed by atoms with Crippen LogP contribution >= 0.6 is 0 Å². The maximum atomic E-state index is 6.84. The van der Waals surface area contributed by atoms with Gasteiger partial charge in [-0.25, -0.2) is 0 Å². The normalized spacial score (nSPS) is 12.1. The second-order valence-corrected chi connectivity index (χ2v) is 12.4. The highest BCUT2D eigenvalue weighted by Gasteiger charge is 2.29. The predicted molar refractivity (Wildman–Crippen MR) is 197 cm³/mol. The van der Waals surface area contributed by atoms with Crippen LogP contribution in [0.15, 0.2) is 151 Å². The summed E-state index contributed by atoms with van der Waals surface area (Å²) in [5.74, 6) is 4.27. The van der Waals surface area contributed by atoms with E-state index in [1.165, 1.54) is 0 Å². The van der Waals surface area contributed by atoms with Crippen LogP contribution in [0, 0.1) is 13.8 Å². The molecule has 0 unspecified atom stereocenters. The van der Waals surface area contributed by atoms with Gasteiger partial charge in [-0.15, -0.1) is 0 Å². The van der Waals surface area contributed by atoms with Crippen LogP contribution in [0.25, 0.3) is 5.76 Å².